The maximum absolute atomic E-state index is 12.9. The lowest BCUT2D eigenvalue weighted by Gasteiger charge is -2.17. The molecule has 0 aliphatic rings. The van der Waals surface area contributed by atoms with Gasteiger partial charge in [0.15, 0.2) is 11.5 Å². The molecule has 0 spiro atoms. The predicted octanol–water partition coefficient (Wildman–Crippen LogP) is 6.62. The first-order chi connectivity index (χ1) is 12.9. The number of anilines is 1. The first-order valence-corrected chi connectivity index (χ1v) is 10.9. The van der Waals surface area contributed by atoms with E-state index in [1.165, 1.54) is 0 Å². The van der Waals surface area contributed by atoms with Gasteiger partial charge in [0.05, 0.1) is 16.8 Å². The highest BCUT2D eigenvalue weighted by Gasteiger charge is 2.17. The number of hydrogen-bond donors (Lipinski definition) is 1. The first kappa shape index (κ1) is 22.0. The summed E-state index contributed by atoms with van der Waals surface area (Å²) in [6, 6.07) is 9.47. The van der Waals surface area contributed by atoms with E-state index in [1.54, 1.807) is 6.07 Å². The van der Waals surface area contributed by atoms with Crippen molar-refractivity contribution >= 4 is 50.1 Å². The average Bonchev–Trinajstić information content (AvgIpc) is 2.62. The molecule has 0 saturated carbocycles. The van der Waals surface area contributed by atoms with E-state index in [1.807, 2.05) is 31.2 Å². The van der Waals surface area contributed by atoms with Gasteiger partial charge < -0.3 is 14.8 Å². The monoisotopic (exact) mass is 545 g/mol. The normalized spacial score (nSPS) is 10.8. The summed E-state index contributed by atoms with van der Waals surface area (Å²) in [6.07, 6.45) is 0.908. The number of carbonyl (C=O) groups excluding carboxylic acids is 1. The number of halogens is 2. The summed E-state index contributed by atoms with van der Waals surface area (Å²) in [5, 5.41) is 3.04. The molecule has 1 amide bonds. The van der Waals surface area contributed by atoms with E-state index in [4.69, 9.17) is 9.47 Å². The summed E-state index contributed by atoms with van der Waals surface area (Å²) in [4.78, 5) is 12.9. The molecule has 0 aliphatic carbocycles. The Kier molecular flexibility index (Phi) is 8.41. The third-order valence-corrected chi connectivity index (χ3v) is 5.20. The van der Waals surface area contributed by atoms with Crippen LogP contribution in [0.5, 0.6) is 11.5 Å². The number of rotatable bonds is 8. The number of hydrogen-bond acceptors (Lipinski definition) is 3. The molecule has 2 aromatic rings. The van der Waals surface area contributed by atoms with Gasteiger partial charge in [0, 0.05) is 15.7 Å². The van der Waals surface area contributed by atoms with Crippen molar-refractivity contribution in [2.75, 3.05) is 18.5 Å². The molecule has 0 aromatic heterocycles. The Morgan fingerprint density at radius 1 is 1.19 bits per heavy atom. The molecule has 0 unspecified atom stereocenters. The molecule has 6 heteroatoms. The van der Waals surface area contributed by atoms with Crippen molar-refractivity contribution in [3.8, 4) is 11.5 Å². The van der Waals surface area contributed by atoms with Crippen molar-refractivity contribution in [1.82, 2.24) is 0 Å². The second kappa shape index (κ2) is 10.3. The molecule has 4 nitrogen and oxygen atoms in total. The van der Waals surface area contributed by atoms with Crippen LogP contribution < -0.4 is 14.8 Å². The lowest BCUT2D eigenvalue weighted by molar-refractivity contribution is 0.102. The number of amides is 1. The van der Waals surface area contributed by atoms with Crippen LogP contribution in [0.15, 0.2) is 34.8 Å². The van der Waals surface area contributed by atoms with Crippen LogP contribution in [0.2, 0.25) is 0 Å². The fourth-order valence-electron chi connectivity index (χ4n) is 2.63. The van der Waals surface area contributed by atoms with E-state index in [0.29, 0.717) is 36.2 Å². The number of ether oxygens (including phenoxy) is 2. The molecule has 2 aromatic carbocycles. The van der Waals surface area contributed by atoms with Gasteiger partial charge in [-0.2, -0.15) is 0 Å². The van der Waals surface area contributed by atoms with Crippen molar-refractivity contribution in [2.45, 2.75) is 40.0 Å². The van der Waals surface area contributed by atoms with Crippen LogP contribution in [0.3, 0.4) is 0 Å². The van der Waals surface area contributed by atoms with Gasteiger partial charge in [0.2, 0.25) is 0 Å². The minimum absolute atomic E-state index is 0.167. The van der Waals surface area contributed by atoms with Gasteiger partial charge in [-0.1, -0.05) is 36.7 Å². The van der Waals surface area contributed by atoms with Crippen LogP contribution in [0.1, 0.15) is 56.0 Å². The standard InChI is InChI=1S/C21H25BrINO3/c1-5-9-27-20-17(23)10-14(11-19(20)26-6-2)21(25)24-18-8-7-15(22)12-16(18)13(3)4/h7-8,10-13H,5-6,9H2,1-4H3,(H,24,25). The van der Waals surface area contributed by atoms with E-state index in [9.17, 15) is 4.79 Å². The van der Waals surface area contributed by atoms with Gasteiger partial charge in [-0.05, 0) is 77.7 Å². The van der Waals surface area contributed by atoms with Crippen molar-refractivity contribution in [3.63, 3.8) is 0 Å². The third-order valence-electron chi connectivity index (χ3n) is 3.91. The molecule has 2 rings (SSSR count). The molecular weight excluding hydrogens is 521 g/mol. The van der Waals surface area contributed by atoms with Crippen LogP contribution in [0.25, 0.3) is 0 Å². The van der Waals surface area contributed by atoms with E-state index < -0.39 is 0 Å². The zero-order valence-corrected chi connectivity index (χ0v) is 19.8. The highest BCUT2D eigenvalue weighted by Crippen LogP contribution is 2.35. The molecule has 27 heavy (non-hydrogen) atoms. The van der Waals surface area contributed by atoms with Crippen LogP contribution in [0.4, 0.5) is 5.69 Å². The molecule has 0 aliphatic heterocycles. The number of benzene rings is 2. The van der Waals surface area contributed by atoms with Gasteiger partial charge in [-0.25, -0.2) is 0 Å². The maximum Gasteiger partial charge on any atom is 0.255 e. The van der Waals surface area contributed by atoms with Gasteiger partial charge in [0.1, 0.15) is 0 Å². The Bertz CT molecular complexity index is 808. The summed E-state index contributed by atoms with van der Waals surface area (Å²) in [6.45, 7) is 9.30. The van der Waals surface area contributed by atoms with Crippen LogP contribution in [-0.4, -0.2) is 19.1 Å². The fourth-order valence-corrected chi connectivity index (χ4v) is 3.76. The summed E-state index contributed by atoms with van der Waals surface area (Å²) >= 11 is 5.68. The van der Waals surface area contributed by atoms with Gasteiger partial charge in [-0.15, -0.1) is 0 Å². The Labute approximate surface area is 183 Å². The number of carbonyl (C=O) groups is 1. The maximum atomic E-state index is 12.9. The zero-order valence-electron chi connectivity index (χ0n) is 16.1. The predicted molar refractivity (Wildman–Crippen MR) is 122 cm³/mol. The second-order valence-electron chi connectivity index (χ2n) is 6.41. The Balaban J connectivity index is 2.34. The fraction of sp³-hybridized carbons (Fsp3) is 0.381. The summed E-state index contributed by atoms with van der Waals surface area (Å²) in [5.41, 5.74) is 2.45. The van der Waals surface area contributed by atoms with Gasteiger partial charge in [0.25, 0.3) is 5.91 Å². The SMILES string of the molecule is CCCOc1c(I)cc(C(=O)Nc2ccc(Br)cc2C(C)C)cc1OCC. The van der Waals surface area contributed by atoms with E-state index >= 15 is 0 Å². The van der Waals surface area contributed by atoms with E-state index in [2.05, 4.69) is 64.6 Å². The second-order valence-corrected chi connectivity index (χ2v) is 8.49. The largest absolute Gasteiger partial charge is 0.490 e. The zero-order chi connectivity index (χ0) is 20.0. The van der Waals surface area contributed by atoms with E-state index in [0.717, 1.165) is 25.7 Å². The van der Waals surface area contributed by atoms with Gasteiger partial charge >= 0.3 is 0 Å². The van der Waals surface area contributed by atoms with E-state index in [-0.39, 0.29) is 5.91 Å². The van der Waals surface area contributed by atoms with Gasteiger partial charge in [-0.3, -0.25) is 4.79 Å². The lowest BCUT2D eigenvalue weighted by atomic mass is 10.0. The minimum Gasteiger partial charge on any atom is -0.490 e. The Morgan fingerprint density at radius 3 is 2.56 bits per heavy atom. The molecular formula is C21H25BrINO3. The van der Waals surface area contributed by atoms with Crippen molar-refractivity contribution in [1.29, 1.82) is 0 Å². The molecule has 1 N–H and O–H groups in total. The average molecular weight is 546 g/mol. The third kappa shape index (κ3) is 5.85. The summed E-state index contributed by atoms with van der Waals surface area (Å²) in [5.74, 6) is 1.42. The molecule has 0 bridgehead atoms. The van der Waals surface area contributed by atoms with Crippen molar-refractivity contribution < 1.29 is 14.3 Å². The smallest absolute Gasteiger partial charge is 0.255 e. The quantitative estimate of drug-likeness (QED) is 0.379. The Hall–Kier alpha value is -1.28. The summed E-state index contributed by atoms with van der Waals surface area (Å²) in [7, 11) is 0. The van der Waals surface area contributed by atoms with Crippen LogP contribution in [-0.2, 0) is 0 Å². The highest BCUT2D eigenvalue weighted by molar-refractivity contribution is 14.1. The topological polar surface area (TPSA) is 47.6 Å². The highest BCUT2D eigenvalue weighted by atomic mass is 127. The molecule has 0 heterocycles. The molecule has 146 valence electrons. The van der Waals surface area contributed by atoms with Crippen molar-refractivity contribution in [3.05, 3.63) is 49.5 Å². The molecule has 0 fully saturated rings. The summed E-state index contributed by atoms with van der Waals surface area (Å²) < 4.78 is 13.4. The van der Waals surface area contributed by atoms with Crippen molar-refractivity contribution in [2.24, 2.45) is 0 Å². The molecule has 0 radical (unpaired) electrons. The lowest BCUT2D eigenvalue weighted by Crippen LogP contribution is -2.15. The number of nitrogens with one attached hydrogen (secondary N) is 1. The molecule has 0 saturated heterocycles. The minimum atomic E-state index is -0.167. The molecule has 0 atom stereocenters. The van der Waals surface area contributed by atoms with Crippen LogP contribution in [0, 0.1) is 3.57 Å². The Morgan fingerprint density at radius 2 is 1.93 bits per heavy atom. The van der Waals surface area contributed by atoms with Crippen LogP contribution >= 0.6 is 38.5 Å². The first-order valence-electron chi connectivity index (χ1n) is 9.07.